The van der Waals surface area contributed by atoms with Gasteiger partial charge in [0.2, 0.25) is 0 Å². The molecule has 1 aliphatic heterocycles. The molecule has 1 fully saturated rings. The number of hydrogen-bond acceptors (Lipinski definition) is 2. The molecule has 0 amide bonds. The average Bonchev–Trinajstić information content (AvgIpc) is 2.40. The van der Waals surface area contributed by atoms with Crippen LogP contribution in [0.3, 0.4) is 0 Å². The second-order valence-corrected chi connectivity index (χ2v) is 2.47. The fourth-order valence-electron chi connectivity index (χ4n) is 0.544. The van der Waals surface area contributed by atoms with Gasteiger partial charge in [0.15, 0.2) is 0 Å². The third-order valence-electron chi connectivity index (χ3n) is 1.40. The molecule has 0 spiro atoms. The van der Waals surface area contributed by atoms with Crippen LogP contribution in [-0.2, 0) is 4.79 Å². The van der Waals surface area contributed by atoms with E-state index in [4.69, 9.17) is 0 Å². The monoisotopic (exact) mass is 143 g/mol. The van der Waals surface area contributed by atoms with Crippen LogP contribution in [0.25, 0.3) is 0 Å². The van der Waals surface area contributed by atoms with Crippen LogP contribution in [0, 0.1) is 0 Å². The molecule has 0 aromatic carbocycles. The molecular formula is C8H17NO. The predicted octanol–water partition coefficient (Wildman–Crippen LogP) is 1.36. The van der Waals surface area contributed by atoms with Gasteiger partial charge in [-0.05, 0) is 0 Å². The number of carbonyl (C=O) groups is 1. The summed E-state index contributed by atoms with van der Waals surface area (Å²) in [5.41, 5.74) is 0. The van der Waals surface area contributed by atoms with Gasteiger partial charge in [0.05, 0.1) is 6.54 Å². The van der Waals surface area contributed by atoms with Crippen LogP contribution < -0.4 is 5.32 Å². The second kappa shape index (κ2) is 6.75. The van der Waals surface area contributed by atoms with Gasteiger partial charge in [-0.15, -0.1) is 0 Å². The fraction of sp³-hybridized carbons (Fsp3) is 0.875. The molecule has 1 rings (SSSR count). The third-order valence-corrected chi connectivity index (χ3v) is 1.40. The fourth-order valence-corrected chi connectivity index (χ4v) is 0.544. The van der Waals surface area contributed by atoms with Crippen molar-refractivity contribution >= 4 is 5.78 Å². The van der Waals surface area contributed by atoms with E-state index in [9.17, 15) is 4.79 Å². The normalized spacial score (nSPS) is 16.4. The number of ketones is 1. The molecule has 0 aliphatic carbocycles. The lowest BCUT2D eigenvalue weighted by atomic mass is 10.4. The van der Waals surface area contributed by atoms with Gasteiger partial charge < -0.3 is 5.32 Å². The Hall–Kier alpha value is -0.370. The molecule has 0 aromatic heterocycles. The van der Waals surface area contributed by atoms with Gasteiger partial charge in [-0.25, -0.2) is 0 Å². The summed E-state index contributed by atoms with van der Waals surface area (Å²) in [7, 11) is 0. The highest BCUT2D eigenvalue weighted by Gasteiger charge is 2.06. The van der Waals surface area contributed by atoms with Crippen molar-refractivity contribution in [3.63, 3.8) is 0 Å². The Morgan fingerprint density at radius 1 is 1.40 bits per heavy atom. The summed E-state index contributed by atoms with van der Waals surface area (Å²) in [5, 5.41) is 2.92. The van der Waals surface area contributed by atoms with E-state index >= 15 is 0 Å². The highest BCUT2D eigenvalue weighted by molar-refractivity contribution is 5.82. The Morgan fingerprint density at radius 3 is 2.10 bits per heavy atom. The van der Waals surface area contributed by atoms with Gasteiger partial charge in [0.1, 0.15) is 5.78 Å². The van der Waals surface area contributed by atoms with Crippen molar-refractivity contribution in [2.45, 2.75) is 33.1 Å². The molecule has 1 N–H and O–H groups in total. The smallest absolute Gasteiger partial charge is 0.147 e. The van der Waals surface area contributed by atoms with Crippen molar-refractivity contribution < 1.29 is 4.79 Å². The molecule has 0 radical (unpaired) electrons. The van der Waals surface area contributed by atoms with Gasteiger partial charge in [-0.1, -0.05) is 26.7 Å². The summed E-state index contributed by atoms with van der Waals surface area (Å²) in [6.07, 6.45) is 3.38. The SMILES string of the molecule is CCCC.O=C1CCNC1. The van der Waals surface area contributed by atoms with E-state index in [1.165, 1.54) is 12.8 Å². The van der Waals surface area contributed by atoms with Gasteiger partial charge in [-0.3, -0.25) is 4.79 Å². The topological polar surface area (TPSA) is 29.1 Å². The molecule has 1 heterocycles. The van der Waals surface area contributed by atoms with Gasteiger partial charge >= 0.3 is 0 Å². The molecule has 2 heteroatoms. The molecule has 60 valence electrons. The summed E-state index contributed by atoms with van der Waals surface area (Å²) in [6.45, 7) is 5.85. The number of rotatable bonds is 1. The molecule has 0 aromatic rings. The Bertz CT molecular complexity index is 81.3. The summed E-state index contributed by atoms with van der Waals surface area (Å²) in [5.74, 6) is 0.343. The van der Waals surface area contributed by atoms with Crippen molar-refractivity contribution in [2.24, 2.45) is 0 Å². The molecule has 0 atom stereocenters. The van der Waals surface area contributed by atoms with E-state index in [2.05, 4.69) is 19.2 Å². The van der Waals surface area contributed by atoms with Crippen molar-refractivity contribution in [2.75, 3.05) is 13.1 Å². The lowest BCUT2D eigenvalue weighted by Gasteiger charge is -1.75. The summed E-state index contributed by atoms with van der Waals surface area (Å²) >= 11 is 0. The standard InChI is InChI=1S/C4H7NO.C4H10/c6-4-1-2-5-3-4;1-3-4-2/h5H,1-3H2;3-4H2,1-2H3. The molecule has 1 aliphatic rings. The minimum atomic E-state index is 0.343. The third kappa shape index (κ3) is 5.76. The van der Waals surface area contributed by atoms with E-state index < -0.39 is 0 Å². The first-order valence-electron chi connectivity index (χ1n) is 4.03. The van der Waals surface area contributed by atoms with Crippen LogP contribution >= 0.6 is 0 Å². The van der Waals surface area contributed by atoms with Crippen molar-refractivity contribution in [1.82, 2.24) is 5.32 Å². The minimum Gasteiger partial charge on any atom is -0.310 e. The summed E-state index contributed by atoms with van der Waals surface area (Å²) < 4.78 is 0. The molecule has 10 heavy (non-hydrogen) atoms. The summed E-state index contributed by atoms with van der Waals surface area (Å²) in [4.78, 5) is 10.2. The first-order chi connectivity index (χ1) is 4.81. The summed E-state index contributed by atoms with van der Waals surface area (Å²) in [6, 6.07) is 0. The van der Waals surface area contributed by atoms with Crippen molar-refractivity contribution in [3.8, 4) is 0 Å². The first kappa shape index (κ1) is 9.63. The molecule has 2 nitrogen and oxygen atoms in total. The van der Waals surface area contributed by atoms with Crippen molar-refractivity contribution in [3.05, 3.63) is 0 Å². The number of Topliss-reactive ketones (excluding diaryl/α,β-unsaturated/α-hetero) is 1. The van der Waals surface area contributed by atoms with E-state index in [0.717, 1.165) is 13.0 Å². The van der Waals surface area contributed by atoms with E-state index in [1.807, 2.05) is 0 Å². The zero-order valence-electron chi connectivity index (χ0n) is 6.94. The van der Waals surface area contributed by atoms with Crippen LogP contribution in [-0.4, -0.2) is 18.9 Å². The lowest BCUT2D eigenvalue weighted by molar-refractivity contribution is -0.116. The number of carbonyl (C=O) groups excluding carboxylic acids is 1. The van der Waals surface area contributed by atoms with Crippen LogP contribution in [0.2, 0.25) is 0 Å². The molecule has 0 bridgehead atoms. The van der Waals surface area contributed by atoms with Crippen LogP contribution in [0.1, 0.15) is 33.1 Å². The molecule has 1 saturated heterocycles. The van der Waals surface area contributed by atoms with Gasteiger partial charge in [0, 0.05) is 13.0 Å². The molecular weight excluding hydrogens is 126 g/mol. The van der Waals surface area contributed by atoms with Crippen LogP contribution in [0.4, 0.5) is 0 Å². The minimum absolute atomic E-state index is 0.343. The lowest BCUT2D eigenvalue weighted by Crippen LogP contribution is -2.07. The Morgan fingerprint density at radius 2 is 2.00 bits per heavy atom. The highest BCUT2D eigenvalue weighted by atomic mass is 16.1. The van der Waals surface area contributed by atoms with Crippen LogP contribution in [0.5, 0.6) is 0 Å². The number of unbranched alkanes of at least 4 members (excludes halogenated alkanes) is 1. The zero-order chi connectivity index (χ0) is 7.82. The molecule has 0 saturated carbocycles. The maximum Gasteiger partial charge on any atom is 0.147 e. The second-order valence-electron chi connectivity index (χ2n) is 2.47. The zero-order valence-corrected chi connectivity index (χ0v) is 6.94. The van der Waals surface area contributed by atoms with E-state index in [0.29, 0.717) is 12.3 Å². The average molecular weight is 143 g/mol. The Kier molecular flexibility index (Phi) is 6.50. The number of nitrogens with one attached hydrogen (secondary N) is 1. The molecule has 0 unspecified atom stereocenters. The number of hydrogen-bond donors (Lipinski definition) is 1. The van der Waals surface area contributed by atoms with E-state index in [1.54, 1.807) is 0 Å². The largest absolute Gasteiger partial charge is 0.310 e. The maximum absolute atomic E-state index is 10.2. The van der Waals surface area contributed by atoms with E-state index in [-0.39, 0.29) is 0 Å². The van der Waals surface area contributed by atoms with Crippen molar-refractivity contribution in [1.29, 1.82) is 0 Å². The Balaban J connectivity index is 0.000000180. The van der Waals surface area contributed by atoms with Crippen LogP contribution in [0.15, 0.2) is 0 Å². The van der Waals surface area contributed by atoms with Gasteiger partial charge in [0.25, 0.3) is 0 Å². The highest BCUT2D eigenvalue weighted by Crippen LogP contribution is 1.85. The van der Waals surface area contributed by atoms with Gasteiger partial charge in [-0.2, -0.15) is 0 Å². The maximum atomic E-state index is 10.2. The first-order valence-corrected chi connectivity index (χ1v) is 4.03. The predicted molar refractivity (Wildman–Crippen MR) is 43.1 cm³/mol. The Labute approximate surface area is 63.0 Å². The quantitative estimate of drug-likeness (QED) is 0.600.